The molecular weight excluding hydrogens is 342 g/mol. The van der Waals surface area contributed by atoms with Crippen LogP contribution in [0.15, 0.2) is 36.7 Å². The highest BCUT2D eigenvalue weighted by Gasteiger charge is 2.45. The van der Waals surface area contributed by atoms with Gasteiger partial charge < -0.3 is 15.0 Å². The largest absolute Gasteiger partial charge is 0.376 e. The second kappa shape index (κ2) is 6.95. The fraction of sp³-hybridized carbons (Fsp3) is 0.389. The van der Waals surface area contributed by atoms with E-state index in [1.807, 2.05) is 0 Å². The number of fused-ring (bicyclic) bond motifs is 1. The summed E-state index contributed by atoms with van der Waals surface area (Å²) in [5.41, 5.74) is 0.149. The second-order valence-electron chi connectivity index (χ2n) is 6.59. The Morgan fingerprint density at radius 1 is 1.23 bits per heavy atom. The van der Waals surface area contributed by atoms with Crippen molar-refractivity contribution >= 4 is 11.9 Å². The normalized spacial score (nSPS) is 24.5. The number of ether oxygens (including phenoxy) is 1. The van der Waals surface area contributed by atoms with Gasteiger partial charge in [0.25, 0.3) is 5.91 Å². The number of nitrogens with zero attached hydrogens (tertiary/aromatic N) is 3. The van der Waals surface area contributed by atoms with Crippen LogP contribution >= 0.6 is 0 Å². The number of benzene rings is 1. The number of rotatable bonds is 4. The quantitative estimate of drug-likeness (QED) is 0.903. The van der Waals surface area contributed by atoms with Crippen LogP contribution in [0.4, 0.5) is 14.7 Å². The lowest BCUT2D eigenvalue weighted by Gasteiger charge is -2.20. The number of aromatic nitrogens is 2. The van der Waals surface area contributed by atoms with Gasteiger partial charge in [0.2, 0.25) is 5.95 Å². The number of nitrogens with one attached hydrogen (secondary N) is 1. The number of carbonyl (C=O) groups excluding carboxylic acids is 1. The molecule has 1 N–H and O–H groups in total. The number of halogens is 2. The Bertz CT molecular complexity index is 805. The first kappa shape index (κ1) is 16.8. The van der Waals surface area contributed by atoms with Crippen molar-refractivity contribution in [1.29, 1.82) is 0 Å². The highest BCUT2D eigenvalue weighted by Crippen LogP contribution is 2.34. The molecule has 2 aromatic rings. The summed E-state index contributed by atoms with van der Waals surface area (Å²) in [5.74, 6) is -1.30. The minimum atomic E-state index is -1.02. The lowest BCUT2D eigenvalue weighted by Crippen LogP contribution is -2.32. The summed E-state index contributed by atoms with van der Waals surface area (Å²) in [5, 5.41) is 3.19. The third kappa shape index (κ3) is 3.24. The molecule has 26 heavy (non-hydrogen) atoms. The van der Waals surface area contributed by atoms with E-state index in [1.165, 1.54) is 6.07 Å². The van der Waals surface area contributed by atoms with Gasteiger partial charge in [0.15, 0.2) is 11.6 Å². The molecule has 8 heteroatoms. The fourth-order valence-electron chi connectivity index (χ4n) is 3.60. The van der Waals surface area contributed by atoms with Crippen molar-refractivity contribution in [2.75, 3.05) is 31.6 Å². The van der Waals surface area contributed by atoms with E-state index >= 15 is 0 Å². The molecule has 136 valence electrons. The summed E-state index contributed by atoms with van der Waals surface area (Å²) in [4.78, 5) is 22.5. The average Bonchev–Trinajstić information content (AvgIpc) is 3.23. The summed E-state index contributed by atoms with van der Waals surface area (Å²) in [7, 11) is 0. The predicted molar refractivity (Wildman–Crippen MR) is 89.5 cm³/mol. The Hall–Kier alpha value is -2.61. The molecule has 2 saturated heterocycles. The van der Waals surface area contributed by atoms with Crippen molar-refractivity contribution in [2.45, 2.75) is 6.10 Å². The van der Waals surface area contributed by atoms with Gasteiger partial charge in [-0.1, -0.05) is 0 Å². The maximum Gasteiger partial charge on any atom is 0.254 e. The zero-order chi connectivity index (χ0) is 18.1. The van der Waals surface area contributed by atoms with Gasteiger partial charge in [-0.25, -0.2) is 18.7 Å². The standard InChI is InChI=1S/C18H18F2N4O2/c19-14-3-2-11(6-15(14)20)17(25)24-8-13-12(10-26-16(13)9-24)7-23-18-21-4-1-5-22-18/h1-6,12-13,16H,7-10H2,(H,21,22,23)/t12-,13+,16+/m1/s1. The first-order valence-electron chi connectivity index (χ1n) is 8.48. The van der Waals surface area contributed by atoms with E-state index in [9.17, 15) is 13.6 Å². The van der Waals surface area contributed by atoms with Gasteiger partial charge in [-0.15, -0.1) is 0 Å². The number of amides is 1. The molecule has 0 saturated carbocycles. The maximum absolute atomic E-state index is 13.4. The minimum Gasteiger partial charge on any atom is -0.376 e. The van der Waals surface area contributed by atoms with Crippen LogP contribution in [0.25, 0.3) is 0 Å². The minimum absolute atomic E-state index is 0.0345. The number of likely N-dealkylation sites (tertiary alicyclic amines) is 1. The van der Waals surface area contributed by atoms with Gasteiger partial charge in [0.1, 0.15) is 0 Å². The van der Waals surface area contributed by atoms with Gasteiger partial charge in [0.05, 0.1) is 12.7 Å². The molecule has 0 aliphatic carbocycles. The second-order valence-corrected chi connectivity index (χ2v) is 6.59. The van der Waals surface area contributed by atoms with Gasteiger partial charge in [0, 0.05) is 49.4 Å². The molecule has 0 unspecified atom stereocenters. The topological polar surface area (TPSA) is 67.4 Å². The Morgan fingerprint density at radius 2 is 2.04 bits per heavy atom. The molecule has 1 amide bonds. The van der Waals surface area contributed by atoms with Crippen LogP contribution in [0, 0.1) is 23.5 Å². The van der Waals surface area contributed by atoms with E-state index in [-0.39, 0.29) is 29.4 Å². The van der Waals surface area contributed by atoms with Gasteiger partial charge >= 0.3 is 0 Å². The zero-order valence-corrected chi connectivity index (χ0v) is 13.9. The number of anilines is 1. The molecule has 3 atom stereocenters. The molecule has 4 rings (SSSR count). The van der Waals surface area contributed by atoms with Crippen molar-refractivity contribution < 1.29 is 18.3 Å². The molecule has 0 spiro atoms. The number of hydrogen-bond acceptors (Lipinski definition) is 5. The number of hydrogen-bond donors (Lipinski definition) is 1. The summed E-state index contributed by atoms with van der Waals surface area (Å²) < 4.78 is 32.3. The summed E-state index contributed by atoms with van der Waals surface area (Å²) >= 11 is 0. The molecule has 6 nitrogen and oxygen atoms in total. The zero-order valence-electron chi connectivity index (χ0n) is 13.9. The van der Waals surface area contributed by atoms with Crippen molar-refractivity contribution in [3.05, 3.63) is 53.9 Å². The molecule has 0 bridgehead atoms. The van der Waals surface area contributed by atoms with E-state index in [2.05, 4.69) is 15.3 Å². The lowest BCUT2D eigenvalue weighted by atomic mass is 9.93. The van der Waals surface area contributed by atoms with E-state index in [0.29, 0.717) is 32.2 Å². The molecule has 2 aliphatic heterocycles. The highest BCUT2D eigenvalue weighted by atomic mass is 19.2. The fourth-order valence-corrected chi connectivity index (χ4v) is 3.60. The van der Waals surface area contributed by atoms with Crippen LogP contribution in [0.1, 0.15) is 10.4 Å². The van der Waals surface area contributed by atoms with E-state index in [0.717, 1.165) is 12.1 Å². The van der Waals surface area contributed by atoms with Crippen LogP contribution in [-0.4, -0.2) is 53.1 Å². The van der Waals surface area contributed by atoms with Crippen LogP contribution in [-0.2, 0) is 4.74 Å². The Morgan fingerprint density at radius 3 is 2.81 bits per heavy atom. The van der Waals surface area contributed by atoms with E-state index in [4.69, 9.17) is 4.74 Å². The SMILES string of the molecule is O=C(c1ccc(F)c(F)c1)N1C[C@H]2[C@H](CNc3ncccn3)CO[C@H]2C1. The lowest BCUT2D eigenvalue weighted by molar-refractivity contribution is 0.0679. The molecule has 2 aliphatic rings. The summed E-state index contributed by atoms with van der Waals surface area (Å²) in [6, 6.07) is 4.97. The van der Waals surface area contributed by atoms with Crippen molar-refractivity contribution in [3.8, 4) is 0 Å². The van der Waals surface area contributed by atoms with E-state index in [1.54, 1.807) is 23.4 Å². The monoisotopic (exact) mass is 360 g/mol. The Balaban J connectivity index is 1.39. The number of carbonyl (C=O) groups is 1. The molecule has 2 fully saturated rings. The van der Waals surface area contributed by atoms with Crippen LogP contribution in [0.3, 0.4) is 0 Å². The van der Waals surface area contributed by atoms with Crippen molar-refractivity contribution in [3.63, 3.8) is 0 Å². The Kier molecular flexibility index (Phi) is 4.50. The summed E-state index contributed by atoms with van der Waals surface area (Å²) in [6.07, 6.45) is 3.30. The molecular formula is C18H18F2N4O2. The van der Waals surface area contributed by atoms with Crippen molar-refractivity contribution in [1.82, 2.24) is 14.9 Å². The van der Waals surface area contributed by atoms with Gasteiger partial charge in [-0.05, 0) is 24.3 Å². The first-order chi connectivity index (χ1) is 12.6. The third-order valence-corrected chi connectivity index (χ3v) is 4.98. The molecule has 1 aromatic heterocycles. The Labute approximate surface area is 149 Å². The van der Waals surface area contributed by atoms with Crippen LogP contribution in [0.5, 0.6) is 0 Å². The molecule has 3 heterocycles. The molecule has 1 aromatic carbocycles. The first-order valence-corrected chi connectivity index (χ1v) is 8.48. The van der Waals surface area contributed by atoms with E-state index < -0.39 is 11.6 Å². The van der Waals surface area contributed by atoms with Crippen molar-refractivity contribution in [2.24, 2.45) is 11.8 Å². The molecule has 0 radical (unpaired) electrons. The summed E-state index contributed by atoms with van der Waals surface area (Å²) in [6.45, 7) is 2.26. The van der Waals surface area contributed by atoms with Crippen LogP contribution in [0.2, 0.25) is 0 Å². The van der Waals surface area contributed by atoms with Crippen LogP contribution < -0.4 is 5.32 Å². The predicted octanol–water partition coefficient (Wildman–Crippen LogP) is 1.95. The third-order valence-electron chi connectivity index (χ3n) is 4.98. The average molecular weight is 360 g/mol. The maximum atomic E-state index is 13.4. The van der Waals surface area contributed by atoms with Gasteiger partial charge in [-0.3, -0.25) is 4.79 Å². The smallest absolute Gasteiger partial charge is 0.254 e. The van der Waals surface area contributed by atoms with Gasteiger partial charge in [-0.2, -0.15) is 0 Å². The highest BCUT2D eigenvalue weighted by molar-refractivity contribution is 5.94.